The number of rotatable bonds is 3. The van der Waals surface area contributed by atoms with Crippen molar-refractivity contribution < 1.29 is 14.9 Å². The van der Waals surface area contributed by atoms with Gasteiger partial charge in [-0.25, -0.2) is 0 Å². The van der Waals surface area contributed by atoms with Crippen molar-refractivity contribution in [1.29, 1.82) is 0 Å². The Morgan fingerprint density at radius 1 is 1.41 bits per heavy atom. The van der Waals surface area contributed by atoms with Gasteiger partial charge in [-0.15, -0.1) is 0 Å². The second kappa shape index (κ2) is 5.04. The van der Waals surface area contributed by atoms with Gasteiger partial charge in [-0.1, -0.05) is 18.2 Å². The fourth-order valence-corrected chi connectivity index (χ4v) is 2.26. The number of para-hydroxylation sites is 1. The van der Waals surface area contributed by atoms with Crippen LogP contribution in [0.4, 0.5) is 5.69 Å². The number of aliphatic hydroxyl groups excluding tert-OH is 1. The molecule has 1 aliphatic rings. The number of methoxy groups -OCH3 is 1. The molecule has 2 atom stereocenters. The SMILES string of the molecule is COC[C@@]1(O)CCN(c2ccccc2)C[C@@H]1O. The molecule has 1 aromatic rings. The predicted octanol–water partition coefficient (Wildman–Crippen LogP) is 0.635. The van der Waals surface area contributed by atoms with Crippen molar-refractivity contribution in [3.63, 3.8) is 0 Å². The quantitative estimate of drug-likeness (QED) is 0.810. The van der Waals surface area contributed by atoms with E-state index in [1.54, 1.807) is 0 Å². The Kier molecular flexibility index (Phi) is 3.66. The molecule has 0 aromatic heterocycles. The maximum atomic E-state index is 10.2. The van der Waals surface area contributed by atoms with Gasteiger partial charge in [0, 0.05) is 25.9 Å². The zero-order valence-corrected chi connectivity index (χ0v) is 10.0. The van der Waals surface area contributed by atoms with Gasteiger partial charge in [0.1, 0.15) is 11.7 Å². The van der Waals surface area contributed by atoms with Gasteiger partial charge in [0.25, 0.3) is 0 Å². The number of hydrogen-bond acceptors (Lipinski definition) is 4. The van der Waals surface area contributed by atoms with Crippen LogP contribution >= 0.6 is 0 Å². The lowest BCUT2D eigenvalue weighted by atomic mass is 9.89. The molecule has 0 bridgehead atoms. The molecule has 0 aliphatic carbocycles. The normalized spacial score (nSPS) is 29.4. The highest BCUT2D eigenvalue weighted by molar-refractivity contribution is 5.46. The molecule has 1 saturated heterocycles. The smallest absolute Gasteiger partial charge is 0.117 e. The Morgan fingerprint density at radius 2 is 2.12 bits per heavy atom. The van der Waals surface area contributed by atoms with Crippen molar-refractivity contribution in [2.75, 3.05) is 31.7 Å². The van der Waals surface area contributed by atoms with Crippen molar-refractivity contribution >= 4 is 5.69 Å². The van der Waals surface area contributed by atoms with E-state index in [4.69, 9.17) is 4.74 Å². The monoisotopic (exact) mass is 237 g/mol. The van der Waals surface area contributed by atoms with Gasteiger partial charge in [0.2, 0.25) is 0 Å². The Balaban J connectivity index is 2.05. The van der Waals surface area contributed by atoms with Gasteiger partial charge in [0.05, 0.1) is 6.61 Å². The molecule has 0 radical (unpaired) electrons. The highest BCUT2D eigenvalue weighted by atomic mass is 16.5. The molecule has 4 heteroatoms. The number of hydrogen-bond donors (Lipinski definition) is 2. The number of nitrogens with zero attached hydrogens (tertiary/aromatic N) is 1. The van der Waals surface area contributed by atoms with E-state index in [0.29, 0.717) is 13.0 Å². The number of piperidine rings is 1. The molecule has 1 aliphatic heterocycles. The fourth-order valence-electron chi connectivity index (χ4n) is 2.26. The van der Waals surface area contributed by atoms with Crippen LogP contribution in [0.5, 0.6) is 0 Å². The minimum Gasteiger partial charge on any atom is -0.388 e. The van der Waals surface area contributed by atoms with E-state index in [1.807, 2.05) is 30.3 Å². The third-order valence-corrected chi connectivity index (χ3v) is 3.34. The van der Waals surface area contributed by atoms with Crippen molar-refractivity contribution in [2.24, 2.45) is 0 Å². The first-order chi connectivity index (χ1) is 8.15. The van der Waals surface area contributed by atoms with Gasteiger partial charge in [-0.2, -0.15) is 0 Å². The van der Waals surface area contributed by atoms with Crippen molar-refractivity contribution in [3.8, 4) is 0 Å². The summed E-state index contributed by atoms with van der Waals surface area (Å²) in [6.07, 6.45) is -0.270. The molecule has 2 rings (SSSR count). The first kappa shape index (κ1) is 12.4. The molecule has 0 saturated carbocycles. The molecule has 17 heavy (non-hydrogen) atoms. The van der Waals surface area contributed by atoms with Gasteiger partial charge < -0.3 is 19.8 Å². The molecule has 1 aromatic carbocycles. The van der Waals surface area contributed by atoms with Crippen LogP contribution in [0, 0.1) is 0 Å². The van der Waals surface area contributed by atoms with Crippen molar-refractivity contribution in [3.05, 3.63) is 30.3 Å². The molecule has 1 fully saturated rings. The topological polar surface area (TPSA) is 52.9 Å². The Bertz CT molecular complexity index is 357. The van der Waals surface area contributed by atoms with Gasteiger partial charge in [-0.05, 0) is 18.6 Å². The molecule has 0 unspecified atom stereocenters. The summed E-state index contributed by atoms with van der Waals surface area (Å²) >= 11 is 0. The van der Waals surface area contributed by atoms with E-state index in [1.165, 1.54) is 7.11 Å². The third kappa shape index (κ3) is 2.60. The predicted molar refractivity (Wildman–Crippen MR) is 66.1 cm³/mol. The molecule has 2 N–H and O–H groups in total. The van der Waals surface area contributed by atoms with Crippen LogP contribution in [0.2, 0.25) is 0 Å². The average Bonchev–Trinajstić information content (AvgIpc) is 2.34. The highest BCUT2D eigenvalue weighted by Crippen LogP contribution is 2.26. The minimum atomic E-state index is -1.11. The van der Waals surface area contributed by atoms with Crippen LogP contribution in [0.15, 0.2) is 30.3 Å². The fraction of sp³-hybridized carbons (Fsp3) is 0.538. The average molecular weight is 237 g/mol. The molecular weight excluding hydrogens is 218 g/mol. The largest absolute Gasteiger partial charge is 0.388 e. The van der Waals surface area contributed by atoms with E-state index in [-0.39, 0.29) is 6.61 Å². The van der Waals surface area contributed by atoms with Crippen LogP contribution in [-0.4, -0.2) is 48.7 Å². The van der Waals surface area contributed by atoms with E-state index < -0.39 is 11.7 Å². The summed E-state index contributed by atoms with van der Waals surface area (Å²) < 4.78 is 4.97. The summed E-state index contributed by atoms with van der Waals surface area (Å²) in [6.45, 7) is 1.33. The molecule has 0 spiro atoms. The summed E-state index contributed by atoms with van der Waals surface area (Å²) in [5, 5.41) is 20.2. The number of anilines is 1. The standard InChI is InChI=1S/C13H19NO3/c1-17-10-13(16)7-8-14(9-12(13)15)11-5-3-2-4-6-11/h2-6,12,15-16H,7-10H2,1H3/t12-,13-/m0/s1. The lowest BCUT2D eigenvalue weighted by Crippen LogP contribution is -2.57. The second-order valence-corrected chi connectivity index (χ2v) is 4.58. The Labute approximate surface area is 101 Å². The summed E-state index contributed by atoms with van der Waals surface area (Å²) in [6, 6.07) is 9.92. The molecule has 94 valence electrons. The number of β-amino-alcohol motifs (C(OH)–C–C–N with tert-alkyl or cyclic N) is 1. The van der Waals surface area contributed by atoms with E-state index in [0.717, 1.165) is 12.2 Å². The minimum absolute atomic E-state index is 0.177. The highest BCUT2D eigenvalue weighted by Gasteiger charge is 2.40. The molecule has 0 amide bonds. The number of ether oxygens (including phenoxy) is 1. The summed E-state index contributed by atoms with van der Waals surface area (Å²) in [5.74, 6) is 0. The summed E-state index contributed by atoms with van der Waals surface area (Å²) in [5.41, 5.74) is -0.0361. The lowest BCUT2D eigenvalue weighted by molar-refractivity contribution is -0.122. The van der Waals surface area contributed by atoms with Gasteiger partial charge >= 0.3 is 0 Å². The second-order valence-electron chi connectivity index (χ2n) is 4.58. The molecule has 1 heterocycles. The lowest BCUT2D eigenvalue weighted by Gasteiger charge is -2.42. The van der Waals surface area contributed by atoms with Gasteiger partial charge in [0.15, 0.2) is 0 Å². The summed E-state index contributed by atoms with van der Waals surface area (Å²) in [7, 11) is 1.54. The van der Waals surface area contributed by atoms with Gasteiger partial charge in [-0.3, -0.25) is 0 Å². The van der Waals surface area contributed by atoms with Crippen molar-refractivity contribution in [1.82, 2.24) is 0 Å². The van der Waals surface area contributed by atoms with E-state index in [9.17, 15) is 10.2 Å². The molecule has 4 nitrogen and oxygen atoms in total. The van der Waals surface area contributed by atoms with E-state index in [2.05, 4.69) is 4.90 Å². The maximum absolute atomic E-state index is 10.2. The van der Waals surface area contributed by atoms with Crippen LogP contribution < -0.4 is 4.90 Å². The zero-order chi connectivity index (χ0) is 12.3. The van der Waals surface area contributed by atoms with E-state index >= 15 is 0 Å². The molecular formula is C13H19NO3. The number of aliphatic hydroxyl groups is 2. The van der Waals surface area contributed by atoms with Crippen LogP contribution in [0.3, 0.4) is 0 Å². The van der Waals surface area contributed by atoms with Crippen LogP contribution in [-0.2, 0) is 4.74 Å². The first-order valence-corrected chi connectivity index (χ1v) is 5.85. The maximum Gasteiger partial charge on any atom is 0.117 e. The first-order valence-electron chi connectivity index (χ1n) is 5.85. The third-order valence-electron chi connectivity index (χ3n) is 3.34. The zero-order valence-electron chi connectivity index (χ0n) is 10.0. The Hall–Kier alpha value is -1.10. The number of benzene rings is 1. The Morgan fingerprint density at radius 3 is 2.71 bits per heavy atom. The van der Waals surface area contributed by atoms with Crippen LogP contribution in [0.25, 0.3) is 0 Å². The van der Waals surface area contributed by atoms with Crippen molar-refractivity contribution in [2.45, 2.75) is 18.1 Å². The van der Waals surface area contributed by atoms with Crippen LogP contribution in [0.1, 0.15) is 6.42 Å². The summed E-state index contributed by atoms with van der Waals surface area (Å²) in [4.78, 5) is 2.08.